The average molecular weight is 314 g/mol. The zero-order valence-electron chi connectivity index (χ0n) is 11.6. The topological polar surface area (TPSA) is 105 Å². The summed E-state index contributed by atoms with van der Waals surface area (Å²) in [6.07, 6.45) is 0. The molecule has 0 saturated carbocycles. The lowest BCUT2D eigenvalue weighted by atomic mass is 10.3. The number of carboxylic acid groups (broad SMARTS) is 1. The number of ether oxygens (including phenoxy) is 1. The summed E-state index contributed by atoms with van der Waals surface area (Å²) in [7, 11) is -0.906. The van der Waals surface area contributed by atoms with E-state index in [0.29, 0.717) is 29.5 Å². The molecule has 0 heterocycles. The molecule has 0 aliphatic carbocycles. The van der Waals surface area contributed by atoms with E-state index in [1.54, 1.807) is 24.3 Å². The minimum absolute atomic E-state index is 0.339. The molecule has 0 radical (unpaired) electrons. The van der Waals surface area contributed by atoms with Crippen LogP contribution in [0.4, 0.5) is 10.5 Å². The molecule has 3 N–H and O–H groups in total. The third kappa shape index (κ3) is 7.31. The van der Waals surface area contributed by atoms with E-state index in [2.05, 4.69) is 10.6 Å². The lowest BCUT2D eigenvalue weighted by Gasteiger charge is -2.08. The zero-order valence-corrected chi connectivity index (χ0v) is 12.4. The van der Waals surface area contributed by atoms with E-state index >= 15 is 0 Å². The van der Waals surface area contributed by atoms with Crippen LogP contribution in [0.1, 0.15) is 6.92 Å². The van der Waals surface area contributed by atoms with E-state index in [1.807, 2.05) is 6.92 Å². The minimum Gasteiger partial charge on any atom is -0.482 e. The van der Waals surface area contributed by atoms with Crippen molar-refractivity contribution in [3.05, 3.63) is 24.3 Å². The number of hydrogen-bond donors (Lipinski definition) is 3. The van der Waals surface area contributed by atoms with Gasteiger partial charge in [-0.1, -0.05) is 6.92 Å². The third-order valence-corrected chi connectivity index (χ3v) is 3.72. The molecule has 2 amide bonds. The van der Waals surface area contributed by atoms with Gasteiger partial charge in [-0.05, 0) is 24.3 Å². The Morgan fingerprint density at radius 2 is 1.95 bits per heavy atom. The summed E-state index contributed by atoms with van der Waals surface area (Å²) in [5.74, 6) is 0.343. The molecule has 0 fully saturated rings. The monoisotopic (exact) mass is 314 g/mol. The molecule has 0 bridgehead atoms. The number of carbonyl (C=O) groups excluding carboxylic acids is 1. The van der Waals surface area contributed by atoms with Gasteiger partial charge in [0.1, 0.15) is 5.75 Å². The van der Waals surface area contributed by atoms with E-state index in [4.69, 9.17) is 9.84 Å². The summed E-state index contributed by atoms with van der Waals surface area (Å²) in [5.41, 5.74) is 0.548. The molecule has 1 atom stereocenters. The summed E-state index contributed by atoms with van der Waals surface area (Å²) >= 11 is 0. The van der Waals surface area contributed by atoms with Gasteiger partial charge in [0.2, 0.25) is 0 Å². The maximum atomic E-state index is 11.6. The highest BCUT2D eigenvalue weighted by Gasteiger charge is 2.03. The number of aliphatic carboxylic acids is 1. The molecule has 1 aromatic carbocycles. The van der Waals surface area contributed by atoms with Crippen LogP contribution in [-0.2, 0) is 15.6 Å². The molecule has 21 heavy (non-hydrogen) atoms. The van der Waals surface area contributed by atoms with Crippen molar-refractivity contribution in [3.8, 4) is 5.75 Å². The van der Waals surface area contributed by atoms with Crippen molar-refractivity contribution < 1.29 is 23.6 Å². The molecule has 0 saturated heterocycles. The zero-order chi connectivity index (χ0) is 15.7. The average Bonchev–Trinajstić information content (AvgIpc) is 2.46. The van der Waals surface area contributed by atoms with Gasteiger partial charge >= 0.3 is 12.0 Å². The third-order valence-electron chi connectivity index (χ3n) is 2.41. The first-order valence-electron chi connectivity index (χ1n) is 6.35. The van der Waals surface area contributed by atoms with Gasteiger partial charge < -0.3 is 20.5 Å². The lowest BCUT2D eigenvalue weighted by molar-refractivity contribution is -0.139. The molecule has 1 unspecified atom stereocenters. The van der Waals surface area contributed by atoms with Gasteiger partial charge in [0.05, 0.1) is 0 Å². The second-order valence-electron chi connectivity index (χ2n) is 4.02. The summed E-state index contributed by atoms with van der Waals surface area (Å²) in [6, 6.07) is 5.93. The molecule has 1 aromatic rings. The molecular weight excluding hydrogens is 296 g/mol. The second kappa shape index (κ2) is 8.96. The Hall–Kier alpha value is -2.09. The van der Waals surface area contributed by atoms with E-state index in [9.17, 15) is 13.8 Å². The van der Waals surface area contributed by atoms with Gasteiger partial charge in [-0.2, -0.15) is 0 Å². The number of carbonyl (C=O) groups is 2. The first-order chi connectivity index (χ1) is 10.0. The minimum atomic E-state index is -1.05. The first-order valence-corrected chi connectivity index (χ1v) is 7.84. The van der Waals surface area contributed by atoms with Crippen LogP contribution in [0, 0.1) is 0 Å². The normalized spacial score (nSPS) is 11.5. The smallest absolute Gasteiger partial charge is 0.341 e. The maximum absolute atomic E-state index is 11.6. The van der Waals surface area contributed by atoms with Gasteiger partial charge in [0, 0.05) is 34.5 Å². The van der Waals surface area contributed by atoms with Crippen molar-refractivity contribution in [3.63, 3.8) is 0 Å². The SMILES string of the molecule is CCS(=O)CCNC(=O)Nc1ccc(OCC(=O)O)cc1. The largest absolute Gasteiger partial charge is 0.482 e. The molecule has 0 aliphatic rings. The van der Waals surface area contributed by atoms with Crippen LogP contribution in [0.3, 0.4) is 0 Å². The van der Waals surface area contributed by atoms with Crippen LogP contribution in [0.2, 0.25) is 0 Å². The summed E-state index contributed by atoms with van der Waals surface area (Å²) in [5, 5.41) is 13.7. The van der Waals surface area contributed by atoms with Gasteiger partial charge in [0.25, 0.3) is 0 Å². The van der Waals surface area contributed by atoms with Crippen molar-refractivity contribution in [1.82, 2.24) is 5.32 Å². The Labute approximate surface area is 125 Å². The van der Waals surface area contributed by atoms with Crippen molar-refractivity contribution in [2.45, 2.75) is 6.92 Å². The van der Waals surface area contributed by atoms with E-state index in [-0.39, 0.29) is 6.03 Å². The maximum Gasteiger partial charge on any atom is 0.341 e. The van der Waals surface area contributed by atoms with Crippen LogP contribution < -0.4 is 15.4 Å². The molecule has 0 spiro atoms. The van der Waals surface area contributed by atoms with Crippen LogP contribution >= 0.6 is 0 Å². The predicted molar refractivity (Wildman–Crippen MR) is 80.1 cm³/mol. The summed E-state index contributed by atoms with van der Waals surface area (Å²) < 4.78 is 16.2. The Balaban J connectivity index is 2.35. The summed E-state index contributed by atoms with van der Waals surface area (Å²) in [4.78, 5) is 21.9. The fourth-order valence-corrected chi connectivity index (χ4v) is 2.00. The van der Waals surface area contributed by atoms with E-state index in [0.717, 1.165) is 0 Å². The van der Waals surface area contributed by atoms with Crippen molar-refractivity contribution in [2.75, 3.05) is 30.0 Å². The molecule has 8 heteroatoms. The predicted octanol–water partition coefficient (Wildman–Crippen LogP) is 1.04. The molecular formula is C13H18N2O5S. The Morgan fingerprint density at radius 3 is 2.52 bits per heavy atom. The quantitative estimate of drug-likeness (QED) is 0.665. The highest BCUT2D eigenvalue weighted by atomic mass is 32.2. The van der Waals surface area contributed by atoms with Gasteiger partial charge in [0.15, 0.2) is 6.61 Å². The fourth-order valence-electron chi connectivity index (χ4n) is 1.38. The Morgan fingerprint density at radius 1 is 1.29 bits per heavy atom. The summed E-state index contributed by atoms with van der Waals surface area (Å²) in [6.45, 7) is 1.75. The standard InChI is InChI=1S/C13H18N2O5S/c1-2-21(19)8-7-14-13(18)15-10-3-5-11(6-4-10)20-9-12(16)17/h3-6H,2,7-9H2,1H3,(H,16,17)(H2,14,15,18). The van der Waals surface area contributed by atoms with E-state index in [1.165, 1.54) is 0 Å². The number of amides is 2. The number of carboxylic acids is 1. The van der Waals surface area contributed by atoms with Crippen LogP contribution in [0.15, 0.2) is 24.3 Å². The number of benzene rings is 1. The number of anilines is 1. The van der Waals surface area contributed by atoms with Crippen LogP contribution in [0.5, 0.6) is 5.75 Å². The van der Waals surface area contributed by atoms with Gasteiger partial charge in [-0.25, -0.2) is 9.59 Å². The molecule has 0 aromatic heterocycles. The lowest BCUT2D eigenvalue weighted by Crippen LogP contribution is -2.32. The van der Waals surface area contributed by atoms with E-state index < -0.39 is 23.4 Å². The number of urea groups is 1. The molecule has 116 valence electrons. The van der Waals surface area contributed by atoms with Crippen molar-refractivity contribution >= 4 is 28.5 Å². The van der Waals surface area contributed by atoms with Crippen molar-refractivity contribution in [2.24, 2.45) is 0 Å². The fraction of sp³-hybridized carbons (Fsp3) is 0.385. The number of hydrogen-bond acceptors (Lipinski definition) is 4. The Bertz CT molecular complexity index is 504. The van der Waals surface area contributed by atoms with Crippen LogP contribution in [0.25, 0.3) is 0 Å². The number of nitrogens with one attached hydrogen (secondary N) is 2. The van der Waals surface area contributed by atoms with Crippen molar-refractivity contribution in [1.29, 1.82) is 0 Å². The highest BCUT2D eigenvalue weighted by Crippen LogP contribution is 2.15. The molecule has 0 aliphatic heterocycles. The first kappa shape index (κ1) is 17.0. The molecule has 7 nitrogen and oxygen atoms in total. The van der Waals surface area contributed by atoms with Crippen LogP contribution in [-0.4, -0.2) is 46.0 Å². The molecule has 1 rings (SSSR count). The number of rotatable bonds is 8. The Kier molecular flexibility index (Phi) is 7.24. The van der Waals surface area contributed by atoms with Gasteiger partial charge in [-0.3, -0.25) is 4.21 Å². The second-order valence-corrected chi connectivity index (χ2v) is 5.89. The highest BCUT2D eigenvalue weighted by molar-refractivity contribution is 7.84. The van der Waals surface area contributed by atoms with Gasteiger partial charge in [-0.15, -0.1) is 0 Å².